The lowest BCUT2D eigenvalue weighted by molar-refractivity contribution is -0.126. The molecule has 7 unspecified atom stereocenters. The van der Waals surface area contributed by atoms with Gasteiger partial charge in [0.2, 0.25) is 0 Å². The Kier molecular flexibility index (Phi) is 5.98. The summed E-state index contributed by atoms with van der Waals surface area (Å²) in [5, 5.41) is 0. The number of rotatable bonds is 6. The van der Waals surface area contributed by atoms with Crippen molar-refractivity contribution in [3.05, 3.63) is 12.2 Å². The molecule has 1 saturated heterocycles. The van der Waals surface area contributed by atoms with Gasteiger partial charge in [0, 0.05) is 5.92 Å². The molecule has 2 heteroatoms. The van der Waals surface area contributed by atoms with Crippen LogP contribution in [0.25, 0.3) is 0 Å². The Hall–Kier alpha value is -0.630. The summed E-state index contributed by atoms with van der Waals surface area (Å²) in [7, 11) is 0. The Morgan fingerprint density at radius 1 is 1.19 bits per heavy atom. The molecule has 0 spiro atoms. The minimum absolute atomic E-state index is 0.222. The molecule has 2 aliphatic carbocycles. The number of carbonyl (C=O) groups is 1. The lowest BCUT2D eigenvalue weighted by atomic mass is 9.56. The van der Waals surface area contributed by atoms with Crippen molar-refractivity contribution >= 4 is 5.78 Å². The van der Waals surface area contributed by atoms with E-state index in [9.17, 15) is 4.79 Å². The van der Waals surface area contributed by atoms with Gasteiger partial charge in [0.1, 0.15) is 5.78 Å². The Labute approximate surface area is 167 Å². The van der Waals surface area contributed by atoms with Gasteiger partial charge in [-0.3, -0.25) is 4.79 Å². The van der Waals surface area contributed by atoms with Gasteiger partial charge in [0.25, 0.3) is 0 Å². The van der Waals surface area contributed by atoms with Crippen molar-refractivity contribution in [2.75, 3.05) is 6.61 Å². The number of hydrogen-bond acceptors (Lipinski definition) is 2. The van der Waals surface area contributed by atoms with E-state index in [-0.39, 0.29) is 16.7 Å². The van der Waals surface area contributed by atoms with Crippen molar-refractivity contribution in [3.8, 4) is 0 Å². The molecule has 0 aromatic rings. The van der Waals surface area contributed by atoms with Crippen LogP contribution in [0.3, 0.4) is 0 Å². The van der Waals surface area contributed by atoms with Crippen molar-refractivity contribution < 1.29 is 9.53 Å². The van der Waals surface area contributed by atoms with Gasteiger partial charge in [-0.2, -0.15) is 0 Å². The molecule has 154 valence electrons. The van der Waals surface area contributed by atoms with Crippen molar-refractivity contribution in [2.24, 2.45) is 40.4 Å². The summed E-state index contributed by atoms with van der Waals surface area (Å²) in [6, 6.07) is 0. The summed E-state index contributed by atoms with van der Waals surface area (Å²) >= 11 is 0. The fourth-order valence-corrected chi connectivity index (χ4v) is 7.13. The van der Waals surface area contributed by atoms with Gasteiger partial charge in [0.15, 0.2) is 0 Å². The van der Waals surface area contributed by atoms with E-state index < -0.39 is 0 Å². The lowest BCUT2D eigenvalue weighted by Gasteiger charge is -2.48. The average molecular weight is 375 g/mol. The molecular formula is C25H42O2. The van der Waals surface area contributed by atoms with Crippen molar-refractivity contribution in [1.29, 1.82) is 0 Å². The van der Waals surface area contributed by atoms with E-state index in [1.165, 1.54) is 37.7 Å². The first kappa shape index (κ1) is 21.1. The third-order valence-electron chi connectivity index (χ3n) is 9.14. The highest BCUT2D eigenvalue weighted by Crippen LogP contribution is 2.61. The SMILES string of the molecule is C=C(C)CC1[C@@H](CC2C(C)CCC3(C)C(C(C)=O)CCC23)OCC1(C)CC. The molecule has 2 saturated carbocycles. The van der Waals surface area contributed by atoms with Crippen molar-refractivity contribution in [1.82, 2.24) is 0 Å². The molecule has 3 fully saturated rings. The predicted octanol–water partition coefficient (Wildman–Crippen LogP) is 6.44. The smallest absolute Gasteiger partial charge is 0.133 e. The Morgan fingerprint density at radius 2 is 1.89 bits per heavy atom. The molecule has 0 N–H and O–H groups in total. The first-order chi connectivity index (χ1) is 12.6. The van der Waals surface area contributed by atoms with E-state index in [1.54, 1.807) is 0 Å². The second-order valence-corrected chi connectivity index (χ2v) is 10.9. The summed E-state index contributed by atoms with van der Waals surface area (Å²) in [4.78, 5) is 12.3. The maximum Gasteiger partial charge on any atom is 0.133 e. The van der Waals surface area contributed by atoms with E-state index in [4.69, 9.17) is 4.74 Å². The molecule has 0 radical (unpaired) electrons. The van der Waals surface area contributed by atoms with Crippen LogP contribution in [0.4, 0.5) is 0 Å². The number of ketones is 1. The van der Waals surface area contributed by atoms with Gasteiger partial charge in [-0.05, 0) is 93.3 Å². The molecule has 0 aromatic carbocycles. The molecule has 8 atom stereocenters. The van der Waals surface area contributed by atoms with Crippen LogP contribution < -0.4 is 0 Å². The summed E-state index contributed by atoms with van der Waals surface area (Å²) in [6.45, 7) is 18.7. The van der Waals surface area contributed by atoms with Crippen LogP contribution in [0, 0.1) is 40.4 Å². The summed E-state index contributed by atoms with van der Waals surface area (Å²) < 4.78 is 6.47. The van der Waals surface area contributed by atoms with Crippen LogP contribution in [0.5, 0.6) is 0 Å². The fraction of sp³-hybridized carbons (Fsp3) is 0.880. The van der Waals surface area contributed by atoms with Gasteiger partial charge >= 0.3 is 0 Å². The van der Waals surface area contributed by atoms with E-state index in [1.807, 2.05) is 6.92 Å². The lowest BCUT2D eigenvalue weighted by Crippen LogP contribution is -2.44. The van der Waals surface area contributed by atoms with Crippen LogP contribution in [-0.4, -0.2) is 18.5 Å². The van der Waals surface area contributed by atoms with Crippen LogP contribution in [0.1, 0.15) is 86.5 Å². The second-order valence-electron chi connectivity index (χ2n) is 10.9. The Bertz CT molecular complexity index is 581. The zero-order chi connectivity index (χ0) is 20.0. The van der Waals surface area contributed by atoms with Crippen LogP contribution in [0.15, 0.2) is 12.2 Å². The highest BCUT2D eigenvalue weighted by molar-refractivity contribution is 5.79. The quantitative estimate of drug-likeness (QED) is 0.500. The number of carbonyl (C=O) groups excluding carboxylic acids is 1. The van der Waals surface area contributed by atoms with E-state index in [0.717, 1.165) is 25.4 Å². The maximum atomic E-state index is 12.3. The van der Waals surface area contributed by atoms with Gasteiger partial charge in [-0.25, -0.2) is 0 Å². The number of fused-ring (bicyclic) bond motifs is 1. The first-order valence-electron chi connectivity index (χ1n) is 11.4. The first-order valence-corrected chi connectivity index (χ1v) is 11.4. The molecule has 3 aliphatic rings. The summed E-state index contributed by atoms with van der Waals surface area (Å²) in [6.07, 6.45) is 8.64. The Morgan fingerprint density at radius 3 is 2.48 bits per heavy atom. The largest absolute Gasteiger partial charge is 0.377 e. The fourth-order valence-electron chi connectivity index (χ4n) is 7.13. The molecule has 27 heavy (non-hydrogen) atoms. The number of ether oxygens (including phenoxy) is 1. The molecule has 0 aromatic heterocycles. The molecule has 0 bridgehead atoms. The van der Waals surface area contributed by atoms with E-state index in [2.05, 4.69) is 41.2 Å². The van der Waals surface area contributed by atoms with Crippen LogP contribution >= 0.6 is 0 Å². The second kappa shape index (κ2) is 7.65. The van der Waals surface area contributed by atoms with Crippen LogP contribution in [0.2, 0.25) is 0 Å². The highest BCUT2D eigenvalue weighted by atomic mass is 16.5. The summed E-state index contributed by atoms with van der Waals surface area (Å²) in [5.74, 6) is 3.43. The molecule has 1 aliphatic heterocycles. The standard InChI is InChI=1S/C25H42O2/c1-8-24(6)15-27-23(22(24)13-16(2)3)14-19-17(4)11-12-25(7)20(18(5)26)9-10-21(19)25/h17,19-23H,2,8-15H2,1,3-7H3/t17?,19?,20?,21?,22?,23-,24?,25?/m1/s1. The predicted molar refractivity (Wildman–Crippen MR) is 113 cm³/mol. The third-order valence-corrected chi connectivity index (χ3v) is 9.14. The highest BCUT2D eigenvalue weighted by Gasteiger charge is 2.55. The van der Waals surface area contributed by atoms with Gasteiger partial charge in [-0.1, -0.05) is 33.3 Å². The molecule has 3 rings (SSSR count). The number of allylic oxidation sites excluding steroid dienone is 1. The normalized spacial score (nSPS) is 47.0. The van der Waals surface area contributed by atoms with Gasteiger partial charge in [-0.15, -0.1) is 6.58 Å². The maximum absolute atomic E-state index is 12.3. The number of Topliss-reactive ketones (excluding diaryl/α,β-unsaturated/α-hetero) is 1. The van der Waals surface area contributed by atoms with Crippen molar-refractivity contribution in [3.63, 3.8) is 0 Å². The summed E-state index contributed by atoms with van der Waals surface area (Å²) in [5.41, 5.74) is 1.79. The van der Waals surface area contributed by atoms with Crippen molar-refractivity contribution in [2.45, 2.75) is 92.6 Å². The minimum atomic E-state index is 0.222. The van der Waals surface area contributed by atoms with E-state index >= 15 is 0 Å². The minimum Gasteiger partial charge on any atom is -0.377 e. The topological polar surface area (TPSA) is 26.3 Å². The molecule has 0 amide bonds. The molecular weight excluding hydrogens is 332 g/mol. The van der Waals surface area contributed by atoms with Gasteiger partial charge in [0.05, 0.1) is 12.7 Å². The Balaban J connectivity index is 1.81. The van der Waals surface area contributed by atoms with Gasteiger partial charge < -0.3 is 4.74 Å². The van der Waals surface area contributed by atoms with Crippen LogP contribution in [-0.2, 0) is 9.53 Å². The van der Waals surface area contributed by atoms with E-state index in [0.29, 0.717) is 29.6 Å². The third kappa shape index (κ3) is 3.68. The zero-order valence-electron chi connectivity index (χ0n) is 18.6. The average Bonchev–Trinajstić information content (AvgIpc) is 3.10. The monoisotopic (exact) mass is 374 g/mol. The number of hydrogen-bond donors (Lipinski definition) is 0. The zero-order valence-corrected chi connectivity index (χ0v) is 18.6. The molecule has 1 heterocycles. The molecule has 2 nitrogen and oxygen atoms in total.